The molecule has 0 aromatic rings. The lowest BCUT2D eigenvalue weighted by atomic mass is 9.98. The van der Waals surface area contributed by atoms with E-state index in [1.54, 1.807) is 0 Å². The molecule has 2 N–H and O–H groups in total. The normalized spacial score (nSPS) is 39.0. The number of amides is 1. The van der Waals surface area contributed by atoms with E-state index >= 15 is 0 Å². The lowest BCUT2D eigenvalue weighted by Crippen LogP contribution is -2.48. The van der Waals surface area contributed by atoms with Crippen LogP contribution < -0.4 is 5.32 Å². The van der Waals surface area contributed by atoms with E-state index in [0.29, 0.717) is 12.1 Å². The Labute approximate surface area is 77.9 Å². The smallest absolute Gasteiger partial charge is 0.404 e. The van der Waals surface area contributed by atoms with E-state index in [2.05, 4.69) is 17.3 Å². The Morgan fingerprint density at radius 3 is 2.38 bits per heavy atom. The van der Waals surface area contributed by atoms with Crippen molar-refractivity contribution in [1.29, 1.82) is 0 Å². The molecule has 2 saturated heterocycles. The summed E-state index contributed by atoms with van der Waals surface area (Å²) in [6.07, 6.45) is 3.56. The molecule has 4 nitrogen and oxygen atoms in total. The predicted molar refractivity (Wildman–Crippen MR) is 48.8 cm³/mol. The van der Waals surface area contributed by atoms with Crippen molar-refractivity contribution in [2.24, 2.45) is 0 Å². The third-order valence-corrected chi connectivity index (χ3v) is 3.43. The van der Waals surface area contributed by atoms with Gasteiger partial charge in [-0.15, -0.1) is 0 Å². The van der Waals surface area contributed by atoms with E-state index in [0.717, 1.165) is 12.8 Å². The fourth-order valence-electron chi connectivity index (χ4n) is 2.70. The summed E-state index contributed by atoms with van der Waals surface area (Å²) < 4.78 is 0. The Bertz CT molecular complexity index is 206. The zero-order valence-corrected chi connectivity index (χ0v) is 7.86. The SMILES string of the molecule is CN1C2CCC1CC(NC(=O)O)C2. The zero-order valence-electron chi connectivity index (χ0n) is 7.86. The molecule has 0 aromatic heterocycles. The Hall–Kier alpha value is -0.770. The third kappa shape index (κ3) is 1.63. The maximum atomic E-state index is 10.5. The van der Waals surface area contributed by atoms with E-state index < -0.39 is 6.09 Å². The summed E-state index contributed by atoms with van der Waals surface area (Å²) in [5, 5.41) is 11.2. The number of hydrogen-bond acceptors (Lipinski definition) is 2. The van der Waals surface area contributed by atoms with Crippen LogP contribution in [0.5, 0.6) is 0 Å². The van der Waals surface area contributed by atoms with Crippen LogP contribution in [0.15, 0.2) is 0 Å². The molecule has 2 aliphatic rings. The average Bonchev–Trinajstić information content (AvgIpc) is 2.33. The van der Waals surface area contributed by atoms with Gasteiger partial charge in [-0.25, -0.2) is 4.79 Å². The van der Waals surface area contributed by atoms with Gasteiger partial charge >= 0.3 is 6.09 Å². The molecule has 2 rings (SSSR count). The Kier molecular flexibility index (Phi) is 2.15. The first-order valence-corrected chi connectivity index (χ1v) is 4.88. The molecule has 74 valence electrons. The van der Waals surface area contributed by atoms with Gasteiger partial charge in [-0.1, -0.05) is 0 Å². The highest BCUT2D eigenvalue weighted by Crippen LogP contribution is 2.33. The highest BCUT2D eigenvalue weighted by molar-refractivity contribution is 5.64. The Balaban J connectivity index is 1.95. The molecule has 2 atom stereocenters. The first kappa shape index (κ1) is 8.81. The molecule has 0 saturated carbocycles. The van der Waals surface area contributed by atoms with Crippen molar-refractivity contribution < 1.29 is 9.90 Å². The molecular formula is C9H16N2O2. The number of nitrogens with one attached hydrogen (secondary N) is 1. The summed E-state index contributed by atoms with van der Waals surface area (Å²) in [4.78, 5) is 12.9. The molecule has 0 radical (unpaired) electrons. The van der Waals surface area contributed by atoms with Crippen LogP contribution in [0, 0.1) is 0 Å². The number of fused-ring (bicyclic) bond motifs is 2. The van der Waals surface area contributed by atoms with Crippen LogP contribution >= 0.6 is 0 Å². The molecule has 2 unspecified atom stereocenters. The fraction of sp³-hybridized carbons (Fsp3) is 0.889. The quantitative estimate of drug-likeness (QED) is 0.636. The van der Waals surface area contributed by atoms with Gasteiger partial charge in [0.25, 0.3) is 0 Å². The lowest BCUT2D eigenvalue weighted by Gasteiger charge is -2.36. The van der Waals surface area contributed by atoms with Crippen molar-refractivity contribution in [3.05, 3.63) is 0 Å². The number of carboxylic acid groups (broad SMARTS) is 1. The van der Waals surface area contributed by atoms with Gasteiger partial charge in [-0.3, -0.25) is 0 Å². The maximum Gasteiger partial charge on any atom is 0.404 e. The Morgan fingerprint density at radius 2 is 1.92 bits per heavy atom. The average molecular weight is 184 g/mol. The molecule has 1 amide bonds. The van der Waals surface area contributed by atoms with Crippen LogP contribution in [0.2, 0.25) is 0 Å². The van der Waals surface area contributed by atoms with Crippen LogP contribution in [0.25, 0.3) is 0 Å². The van der Waals surface area contributed by atoms with Crippen LogP contribution in [0.1, 0.15) is 25.7 Å². The van der Waals surface area contributed by atoms with E-state index in [-0.39, 0.29) is 6.04 Å². The molecule has 2 bridgehead atoms. The molecule has 0 spiro atoms. The second-order valence-electron chi connectivity index (χ2n) is 4.17. The van der Waals surface area contributed by atoms with Crippen LogP contribution in [-0.2, 0) is 0 Å². The second kappa shape index (κ2) is 3.18. The van der Waals surface area contributed by atoms with Crippen LogP contribution in [0.4, 0.5) is 4.79 Å². The molecule has 0 aliphatic carbocycles. The summed E-state index contributed by atoms with van der Waals surface area (Å²) in [5.74, 6) is 0. The van der Waals surface area contributed by atoms with Gasteiger partial charge in [-0.05, 0) is 32.7 Å². The van der Waals surface area contributed by atoms with Crippen molar-refractivity contribution >= 4 is 6.09 Å². The van der Waals surface area contributed by atoms with Crippen molar-refractivity contribution in [3.63, 3.8) is 0 Å². The summed E-state index contributed by atoms with van der Waals surface area (Å²) in [6.45, 7) is 0. The highest BCUT2D eigenvalue weighted by Gasteiger charge is 2.38. The minimum Gasteiger partial charge on any atom is -0.465 e. The van der Waals surface area contributed by atoms with Gasteiger partial charge in [0.1, 0.15) is 0 Å². The first-order valence-electron chi connectivity index (χ1n) is 4.88. The topological polar surface area (TPSA) is 52.6 Å². The van der Waals surface area contributed by atoms with Gasteiger partial charge < -0.3 is 15.3 Å². The van der Waals surface area contributed by atoms with Crippen molar-refractivity contribution in [3.8, 4) is 0 Å². The molecule has 13 heavy (non-hydrogen) atoms. The van der Waals surface area contributed by atoms with Gasteiger partial charge in [0.15, 0.2) is 0 Å². The predicted octanol–water partition coefficient (Wildman–Crippen LogP) is 0.879. The number of nitrogens with zero attached hydrogens (tertiary/aromatic N) is 1. The molecule has 2 aliphatic heterocycles. The van der Waals surface area contributed by atoms with Crippen LogP contribution in [0.3, 0.4) is 0 Å². The molecule has 0 aromatic carbocycles. The maximum absolute atomic E-state index is 10.5. The van der Waals surface area contributed by atoms with Gasteiger partial charge in [0.2, 0.25) is 0 Å². The van der Waals surface area contributed by atoms with E-state index in [4.69, 9.17) is 5.11 Å². The number of rotatable bonds is 1. The van der Waals surface area contributed by atoms with Gasteiger partial charge in [-0.2, -0.15) is 0 Å². The Morgan fingerprint density at radius 1 is 1.38 bits per heavy atom. The standard InChI is InChI=1S/C9H16N2O2/c1-11-7-2-3-8(11)5-6(4-7)10-9(12)13/h6-8,10H,2-5H2,1H3,(H,12,13). The first-order chi connectivity index (χ1) is 6.16. The molecule has 2 fully saturated rings. The number of hydrogen-bond donors (Lipinski definition) is 2. The van der Waals surface area contributed by atoms with E-state index in [1.165, 1.54) is 12.8 Å². The zero-order chi connectivity index (χ0) is 9.42. The summed E-state index contributed by atoms with van der Waals surface area (Å²) in [5.41, 5.74) is 0. The van der Waals surface area contributed by atoms with E-state index in [1.807, 2.05) is 0 Å². The monoisotopic (exact) mass is 184 g/mol. The highest BCUT2D eigenvalue weighted by atomic mass is 16.4. The summed E-state index contributed by atoms with van der Waals surface area (Å²) >= 11 is 0. The minimum absolute atomic E-state index is 0.186. The van der Waals surface area contributed by atoms with Gasteiger partial charge in [0.05, 0.1) is 0 Å². The van der Waals surface area contributed by atoms with Gasteiger partial charge in [0, 0.05) is 18.1 Å². The van der Waals surface area contributed by atoms with Crippen molar-refractivity contribution in [2.75, 3.05) is 7.05 Å². The van der Waals surface area contributed by atoms with Crippen molar-refractivity contribution in [1.82, 2.24) is 10.2 Å². The minimum atomic E-state index is -0.881. The molecule has 4 heteroatoms. The fourth-order valence-corrected chi connectivity index (χ4v) is 2.70. The molecule has 2 heterocycles. The number of piperidine rings is 1. The van der Waals surface area contributed by atoms with E-state index in [9.17, 15) is 4.79 Å². The second-order valence-corrected chi connectivity index (χ2v) is 4.17. The van der Waals surface area contributed by atoms with Crippen LogP contribution in [-0.4, -0.2) is 41.3 Å². The third-order valence-electron chi connectivity index (χ3n) is 3.43. The summed E-state index contributed by atoms with van der Waals surface area (Å²) in [6, 6.07) is 1.40. The lowest BCUT2D eigenvalue weighted by molar-refractivity contribution is 0.139. The van der Waals surface area contributed by atoms with Crippen molar-refractivity contribution in [2.45, 2.75) is 43.8 Å². The summed E-state index contributed by atoms with van der Waals surface area (Å²) in [7, 11) is 2.15. The number of carbonyl (C=O) groups is 1. The largest absolute Gasteiger partial charge is 0.465 e. The molecular weight excluding hydrogens is 168 g/mol.